The van der Waals surface area contributed by atoms with Crippen LogP contribution >= 0.6 is 0 Å². The van der Waals surface area contributed by atoms with Gasteiger partial charge in [-0.25, -0.2) is 0 Å². The molecule has 0 aromatic heterocycles. The monoisotopic (exact) mass is 306 g/mol. The average molecular weight is 306 g/mol. The van der Waals surface area contributed by atoms with Crippen molar-refractivity contribution in [3.05, 3.63) is 56.6 Å². The lowest BCUT2D eigenvalue weighted by molar-refractivity contribution is -0.384. The van der Waals surface area contributed by atoms with Crippen LogP contribution in [0.4, 0.5) is 34.1 Å². The fourth-order valence-corrected chi connectivity index (χ4v) is 1.41. The second-order valence-corrected chi connectivity index (χ2v) is 4.15. The number of nitrogen functional groups attached to an aromatic ring is 4. The Bertz CT molecular complexity index is 719. The van der Waals surface area contributed by atoms with Crippen LogP contribution < -0.4 is 22.9 Å². The zero-order valence-corrected chi connectivity index (χ0v) is 11.3. The topological polar surface area (TPSA) is 190 Å². The Morgan fingerprint density at radius 3 is 1.82 bits per heavy atom. The van der Waals surface area contributed by atoms with Gasteiger partial charge in [-0.05, 0) is 18.2 Å². The lowest BCUT2D eigenvalue weighted by Gasteiger charge is -1.97. The highest BCUT2D eigenvalue weighted by Crippen LogP contribution is 2.22. The predicted molar refractivity (Wildman–Crippen MR) is 83.8 cm³/mol. The Kier molecular flexibility index (Phi) is 5.06. The second-order valence-electron chi connectivity index (χ2n) is 4.15. The minimum atomic E-state index is -0.547. The highest BCUT2D eigenvalue weighted by molar-refractivity contribution is 5.66. The number of hydrogen-bond acceptors (Lipinski definition) is 8. The Balaban J connectivity index is 0.000000220. The molecule has 10 heteroatoms. The first-order valence-corrected chi connectivity index (χ1v) is 5.81. The summed E-state index contributed by atoms with van der Waals surface area (Å²) in [6.45, 7) is 0. The summed E-state index contributed by atoms with van der Waals surface area (Å²) in [7, 11) is 0. The summed E-state index contributed by atoms with van der Waals surface area (Å²) in [6, 6.07) is 8.03. The molecule has 22 heavy (non-hydrogen) atoms. The summed E-state index contributed by atoms with van der Waals surface area (Å²) in [4.78, 5) is 19.3. The van der Waals surface area contributed by atoms with Gasteiger partial charge in [0, 0.05) is 23.9 Å². The smallest absolute Gasteiger partial charge is 0.292 e. The van der Waals surface area contributed by atoms with Gasteiger partial charge in [-0.15, -0.1) is 0 Å². The van der Waals surface area contributed by atoms with E-state index in [4.69, 9.17) is 22.9 Å². The third-order valence-corrected chi connectivity index (χ3v) is 2.53. The van der Waals surface area contributed by atoms with E-state index in [2.05, 4.69) is 0 Å². The molecule has 0 radical (unpaired) electrons. The van der Waals surface area contributed by atoms with E-state index < -0.39 is 9.85 Å². The van der Waals surface area contributed by atoms with Crippen molar-refractivity contribution < 1.29 is 9.85 Å². The Labute approximate surface area is 124 Å². The molecule has 0 saturated heterocycles. The van der Waals surface area contributed by atoms with Crippen LogP contribution in [-0.4, -0.2) is 9.85 Å². The number of nitro groups is 2. The number of nitrogens with two attached hydrogens (primary N) is 4. The van der Waals surface area contributed by atoms with Crippen molar-refractivity contribution in [2.24, 2.45) is 0 Å². The first kappa shape index (κ1) is 16.5. The minimum absolute atomic E-state index is 0.0447. The number of hydrogen-bond donors (Lipinski definition) is 4. The lowest BCUT2D eigenvalue weighted by atomic mass is 10.2. The maximum atomic E-state index is 10.2. The van der Waals surface area contributed by atoms with Gasteiger partial charge >= 0.3 is 0 Å². The summed E-state index contributed by atoms with van der Waals surface area (Å²) < 4.78 is 0. The van der Waals surface area contributed by atoms with Crippen molar-refractivity contribution in [2.75, 3.05) is 22.9 Å². The van der Waals surface area contributed by atoms with E-state index in [0.717, 1.165) is 0 Å². The van der Waals surface area contributed by atoms with Crippen molar-refractivity contribution in [3.63, 3.8) is 0 Å². The second kappa shape index (κ2) is 6.74. The molecule has 0 saturated carbocycles. The van der Waals surface area contributed by atoms with E-state index in [0.29, 0.717) is 11.4 Å². The molecule has 0 heterocycles. The molecule has 0 fully saturated rings. The van der Waals surface area contributed by atoms with Gasteiger partial charge in [-0.3, -0.25) is 20.2 Å². The van der Waals surface area contributed by atoms with E-state index in [1.165, 1.54) is 36.4 Å². The molecule has 10 nitrogen and oxygen atoms in total. The molecule has 0 atom stereocenters. The molecular formula is C12H14N6O4. The lowest BCUT2D eigenvalue weighted by Crippen LogP contribution is -1.96. The van der Waals surface area contributed by atoms with Crippen molar-refractivity contribution in [1.82, 2.24) is 0 Å². The maximum Gasteiger partial charge on any atom is 0.292 e. The highest BCUT2D eigenvalue weighted by atomic mass is 16.6. The summed E-state index contributed by atoms with van der Waals surface area (Å²) in [5.41, 5.74) is 22.2. The van der Waals surface area contributed by atoms with Gasteiger partial charge in [0.25, 0.3) is 11.4 Å². The molecule has 2 aromatic rings. The van der Waals surface area contributed by atoms with Gasteiger partial charge in [-0.2, -0.15) is 0 Å². The molecular weight excluding hydrogens is 292 g/mol. The van der Waals surface area contributed by atoms with Crippen LogP contribution in [0.25, 0.3) is 0 Å². The molecule has 0 spiro atoms. The van der Waals surface area contributed by atoms with Crippen LogP contribution in [0.3, 0.4) is 0 Å². The number of rotatable bonds is 2. The summed E-state index contributed by atoms with van der Waals surface area (Å²) in [6.07, 6.45) is 0. The third-order valence-electron chi connectivity index (χ3n) is 2.53. The normalized spacial score (nSPS) is 9.45. The summed E-state index contributed by atoms with van der Waals surface area (Å²) in [5.74, 6) is 0. The third kappa shape index (κ3) is 4.23. The zero-order valence-electron chi connectivity index (χ0n) is 11.3. The van der Waals surface area contributed by atoms with Crippen LogP contribution in [0.15, 0.2) is 36.4 Å². The van der Waals surface area contributed by atoms with Crippen molar-refractivity contribution in [1.29, 1.82) is 0 Å². The molecule has 0 aliphatic heterocycles. The first-order chi connectivity index (χ1) is 10.2. The quantitative estimate of drug-likeness (QED) is 0.364. The molecule has 0 bridgehead atoms. The fourth-order valence-electron chi connectivity index (χ4n) is 1.41. The van der Waals surface area contributed by atoms with E-state index >= 15 is 0 Å². The Morgan fingerprint density at radius 2 is 1.36 bits per heavy atom. The molecule has 2 aromatic carbocycles. The minimum Gasteiger partial charge on any atom is -0.399 e. The summed E-state index contributed by atoms with van der Waals surface area (Å²) in [5, 5.41) is 20.4. The number of nitrogens with zero attached hydrogens (tertiary/aromatic N) is 2. The molecule has 116 valence electrons. The number of nitro benzene ring substituents is 2. The van der Waals surface area contributed by atoms with E-state index in [1.807, 2.05) is 0 Å². The zero-order chi connectivity index (χ0) is 16.9. The number of non-ortho nitro benzene ring substituents is 1. The molecule has 0 aliphatic rings. The average Bonchev–Trinajstić information content (AvgIpc) is 2.41. The van der Waals surface area contributed by atoms with Crippen LogP contribution in [0.2, 0.25) is 0 Å². The van der Waals surface area contributed by atoms with E-state index in [1.54, 1.807) is 0 Å². The van der Waals surface area contributed by atoms with Crippen LogP contribution in [0.1, 0.15) is 0 Å². The van der Waals surface area contributed by atoms with Gasteiger partial charge in [0.2, 0.25) is 0 Å². The van der Waals surface area contributed by atoms with E-state index in [-0.39, 0.29) is 22.7 Å². The SMILES string of the molecule is Nc1ccc([N+](=O)[O-])c(N)c1.Nc1ccc([N+](=O)[O-])cc1N. The first-order valence-electron chi connectivity index (χ1n) is 5.81. The van der Waals surface area contributed by atoms with Crippen LogP contribution in [0, 0.1) is 20.2 Å². The Hall–Kier alpha value is -3.56. The number of benzene rings is 2. The van der Waals surface area contributed by atoms with Crippen LogP contribution in [0.5, 0.6) is 0 Å². The van der Waals surface area contributed by atoms with Gasteiger partial charge in [0.05, 0.1) is 21.2 Å². The van der Waals surface area contributed by atoms with Crippen molar-refractivity contribution in [2.45, 2.75) is 0 Å². The highest BCUT2D eigenvalue weighted by Gasteiger charge is 2.09. The maximum absolute atomic E-state index is 10.2. The van der Waals surface area contributed by atoms with Gasteiger partial charge in [-0.1, -0.05) is 0 Å². The van der Waals surface area contributed by atoms with Crippen molar-refractivity contribution in [3.8, 4) is 0 Å². The van der Waals surface area contributed by atoms with Gasteiger partial charge in [0.15, 0.2) is 0 Å². The fraction of sp³-hybridized carbons (Fsp3) is 0. The molecule has 0 unspecified atom stereocenters. The standard InChI is InChI=1S/2C6H7N3O2/c7-4-1-2-6(9(10)11)5(8)3-4;7-5-2-1-4(9(10)11)3-6(5)8/h2*1-3H,7-8H2. The molecule has 8 N–H and O–H groups in total. The predicted octanol–water partition coefficient (Wildman–Crippen LogP) is 1.52. The van der Waals surface area contributed by atoms with E-state index in [9.17, 15) is 20.2 Å². The summed E-state index contributed by atoms with van der Waals surface area (Å²) >= 11 is 0. The molecule has 0 amide bonds. The van der Waals surface area contributed by atoms with Gasteiger partial charge < -0.3 is 22.9 Å². The van der Waals surface area contributed by atoms with Gasteiger partial charge in [0.1, 0.15) is 5.69 Å². The largest absolute Gasteiger partial charge is 0.399 e. The van der Waals surface area contributed by atoms with Crippen molar-refractivity contribution >= 4 is 34.1 Å². The molecule has 0 aliphatic carbocycles. The molecule has 2 rings (SSSR count). The van der Waals surface area contributed by atoms with Crippen LogP contribution in [-0.2, 0) is 0 Å². The Morgan fingerprint density at radius 1 is 0.727 bits per heavy atom. The number of anilines is 4.